The SMILES string of the molecule is COC(=O)CC[C@H]1CN(S(=O)(=O)c2cccc(C)c2)c2c(ccc(/C=C(\C)c3c(F)cccc3Cl)c2F)O1. The van der Waals surface area contributed by atoms with Crippen molar-refractivity contribution in [2.75, 3.05) is 18.0 Å². The summed E-state index contributed by atoms with van der Waals surface area (Å²) in [4.78, 5) is 11.7. The first kappa shape index (κ1) is 27.6. The van der Waals surface area contributed by atoms with Gasteiger partial charge in [-0.1, -0.05) is 29.8 Å². The van der Waals surface area contributed by atoms with Gasteiger partial charge in [0.1, 0.15) is 23.4 Å². The Bertz CT molecular complexity index is 1500. The van der Waals surface area contributed by atoms with Crippen LogP contribution >= 0.6 is 11.6 Å². The topological polar surface area (TPSA) is 72.9 Å². The minimum absolute atomic E-state index is 0.000724. The van der Waals surface area contributed by atoms with Gasteiger partial charge < -0.3 is 9.47 Å². The quantitative estimate of drug-likeness (QED) is 0.247. The molecule has 4 rings (SSSR count). The lowest BCUT2D eigenvalue weighted by atomic mass is 10.0. The molecule has 0 aliphatic carbocycles. The Morgan fingerprint density at radius 3 is 2.61 bits per heavy atom. The third-order valence-electron chi connectivity index (χ3n) is 6.23. The van der Waals surface area contributed by atoms with Crippen LogP contribution in [0.2, 0.25) is 5.02 Å². The zero-order valence-electron chi connectivity index (χ0n) is 21.0. The number of rotatable bonds is 7. The van der Waals surface area contributed by atoms with E-state index >= 15 is 4.39 Å². The number of esters is 1. The molecule has 3 aromatic carbocycles. The molecule has 200 valence electrons. The molecule has 6 nitrogen and oxygen atoms in total. The van der Waals surface area contributed by atoms with Gasteiger partial charge >= 0.3 is 5.97 Å². The number of aryl methyl sites for hydroxylation is 1. The monoisotopic (exact) mass is 561 g/mol. The highest BCUT2D eigenvalue weighted by atomic mass is 35.5. The number of carbonyl (C=O) groups excluding carboxylic acids is 1. The van der Waals surface area contributed by atoms with E-state index < -0.39 is 33.7 Å². The zero-order chi connectivity index (χ0) is 27.6. The fraction of sp³-hybridized carbons (Fsp3) is 0.250. The van der Waals surface area contributed by atoms with Gasteiger partial charge in [0.15, 0.2) is 5.82 Å². The lowest BCUT2D eigenvalue weighted by Crippen LogP contribution is -2.44. The molecule has 0 bridgehead atoms. The van der Waals surface area contributed by atoms with Crippen molar-refractivity contribution >= 4 is 44.9 Å². The standard InChI is InChI=1S/C28H26ClF2NO5S/c1-17-6-4-7-21(14-17)38(34,35)32-16-20(11-13-25(33)36-3)37-24-12-10-19(27(31)28(24)32)15-18(2)26-22(29)8-5-9-23(26)30/h4-10,12,14-15,20H,11,13,16H2,1-3H3/b18-15+/t20-/m0/s1. The minimum atomic E-state index is -4.21. The Balaban J connectivity index is 1.82. The minimum Gasteiger partial charge on any atom is -0.486 e. The number of anilines is 1. The summed E-state index contributed by atoms with van der Waals surface area (Å²) in [5, 5.41) is 0.164. The summed E-state index contributed by atoms with van der Waals surface area (Å²) in [7, 11) is -2.95. The first-order valence-corrected chi connectivity index (χ1v) is 13.6. The number of sulfonamides is 1. The summed E-state index contributed by atoms with van der Waals surface area (Å²) in [6, 6.07) is 13.4. The van der Waals surface area contributed by atoms with Crippen molar-refractivity contribution < 1.29 is 31.5 Å². The van der Waals surface area contributed by atoms with Gasteiger partial charge in [-0.25, -0.2) is 17.2 Å². The van der Waals surface area contributed by atoms with E-state index in [1.54, 1.807) is 26.0 Å². The van der Waals surface area contributed by atoms with Crippen LogP contribution in [0.3, 0.4) is 0 Å². The number of carbonyl (C=O) groups is 1. The maximum absolute atomic E-state index is 16.1. The second-order valence-electron chi connectivity index (χ2n) is 8.95. The molecule has 0 spiro atoms. The largest absolute Gasteiger partial charge is 0.486 e. The molecule has 10 heteroatoms. The number of hydrogen-bond donors (Lipinski definition) is 0. The predicted octanol–water partition coefficient (Wildman–Crippen LogP) is 6.40. The molecule has 0 saturated carbocycles. The maximum Gasteiger partial charge on any atom is 0.305 e. The molecule has 3 aromatic rings. The summed E-state index contributed by atoms with van der Waals surface area (Å²) >= 11 is 6.17. The van der Waals surface area contributed by atoms with E-state index in [2.05, 4.69) is 4.74 Å². The number of benzene rings is 3. The molecule has 1 aliphatic heterocycles. The lowest BCUT2D eigenvalue weighted by Gasteiger charge is -2.36. The summed E-state index contributed by atoms with van der Waals surface area (Å²) < 4.78 is 69.6. The van der Waals surface area contributed by atoms with E-state index in [0.717, 1.165) is 9.87 Å². The Morgan fingerprint density at radius 2 is 1.92 bits per heavy atom. The molecule has 0 N–H and O–H groups in total. The van der Waals surface area contributed by atoms with Crippen molar-refractivity contribution in [3.8, 4) is 5.75 Å². The lowest BCUT2D eigenvalue weighted by molar-refractivity contribution is -0.141. The highest BCUT2D eigenvalue weighted by Gasteiger charge is 2.37. The van der Waals surface area contributed by atoms with E-state index in [9.17, 15) is 17.6 Å². The van der Waals surface area contributed by atoms with Gasteiger partial charge in [-0.3, -0.25) is 9.10 Å². The zero-order valence-corrected chi connectivity index (χ0v) is 22.6. The van der Waals surface area contributed by atoms with Crippen molar-refractivity contribution in [3.05, 3.63) is 87.9 Å². The number of ether oxygens (including phenoxy) is 2. The van der Waals surface area contributed by atoms with Gasteiger partial charge in [0.25, 0.3) is 10.0 Å². The number of methoxy groups -OCH3 is 1. The summed E-state index contributed by atoms with van der Waals surface area (Å²) in [6.07, 6.45) is 0.850. The van der Waals surface area contributed by atoms with Crippen LogP contribution in [0.1, 0.15) is 36.5 Å². The Hall–Kier alpha value is -3.43. The number of fused-ring (bicyclic) bond motifs is 1. The predicted molar refractivity (Wildman–Crippen MR) is 143 cm³/mol. The fourth-order valence-corrected chi connectivity index (χ4v) is 6.25. The first-order chi connectivity index (χ1) is 18.0. The van der Waals surface area contributed by atoms with Crippen molar-refractivity contribution in [1.29, 1.82) is 0 Å². The third kappa shape index (κ3) is 5.54. The summed E-state index contributed by atoms with van der Waals surface area (Å²) in [6.45, 7) is 3.12. The molecule has 0 amide bonds. The van der Waals surface area contributed by atoms with Crippen molar-refractivity contribution in [3.63, 3.8) is 0 Å². The van der Waals surface area contributed by atoms with E-state index in [0.29, 0.717) is 5.57 Å². The van der Waals surface area contributed by atoms with Crippen molar-refractivity contribution in [2.45, 2.75) is 37.7 Å². The summed E-state index contributed by atoms with van der Waals surface area (Å²) in [5.41, 5.74) is 0.961. The van der Waals surface area contributed by atoms with Gasteiger partial charge in [-0.05, 0) is 73.9 Å². The number of hydrogen-bond acceptors (Lipinski definition) is 5. The molecule has 0 saturated heterocycles. The van der Waals surface area contributed by atoms with Gasteiger partial charge in [-0.15, -0.1) is 0 Å². The third-order valence-corrected chi connectivity index (χ3v) is 8.30. The van der Waals surface area contributed by atoms with Crippen LogP contribution in [-0.4, -0.2) is 34.1 Å². The molecule has 0 unspecified atom stereocenters. The molecule has 0 aromatic heterocycles. The fourth-order valence-electron chi connectivity index (χ4n) is 4.33. The van der Waals surface area contributed by atoms with Crippen LogP contribution in [0, 0.1) is 18.6 Å². The van der Waals surface area contributed by atoms with Gasteiger partial charge in [0.2, 0.25) is 0 Å². The molecule has 1 aliphatic rings. The van der Waals surface area contributed by atoms with Crippen LogP contribution in [-0.2, 0) is 19.6 Å². The highest BCUT2D eigenvalue weighted by molar-refractivity contribution is 7.92. The van der Waals surface area contributed by atoms with Crippen LogP contribution in [0.15, 0.2) is 59.5 Å². The molecular weight excluding hydrogens is 536 g/mol. The van der Waals surface area contributed by atoms with E-state index in [4.69, 9.17) is 16.3 Å². The average Bonchev–Trinajstić information content (AvgIpc) is 2.88. The Morgan fingerprint density at radius 1 is 1.18 bits per heavy atom. The van der Waals surface area contributed by atoms with Crippen molar-refractivity contribution in [1.82, 2.24) is 0 Å². The van der Waals surface area contributed by atoms with E-state index in [-0.39, 0.29) is 51.9 Å². The normalized spacial score (nSPS) is 15.6. The highest BCUT2D eigenvalue weighted by Crippen LogP contribution is 2.42. The molecular formula is C28H26ClF2NO5S. The van der Waals surface area contributed by atoms with Gasteiger partial charge in [0, 0.05) is 17.5 Å². The molecule has 0 fully saturated rings. The first-order valence-electron chi connectivity index (χ1n) is 11.8. The van der Waals surface area contributed by atoms with Gasteiger partial charge in [-0.2, -0.15) is 0 Å². The second-order valence-corrected chi connectivity index (χ2v) is 11.2. The Kier molecular flexibility index (Phi) is 8.08. The average molecular weight is 562 g/mol. The molecule has 1 heterocycles. The van der Waals surface area contributed by atoms with Crippen LogP contribution in [0.25, 0.3) is 11.6 Å². The summed E-state index contributed by atoms with van der Waals surface area (Å²) in [5.74, 6) is -1.87. The maximum atomic E-state index is 16.1. The van der Waals surface area contributed by atoms with E-state index in [1.807, 2.05) is 0 Å². The number of allylic oxidation sites excluding steroid dienone is 1. The van der Waals surface area contributed by atoms with Crippen LogP contribution in [0.5, 0.6) is 5.75 Å². The molecule has 0 radical (unpaired) electrons. The van der Waals surface area contributed by atoms with Crippen LogP contribution < -0.4 is 9.04 Å². The van der Waals surface area contributed by atoms with Crippen LogP contribution in [0.4, 0.5) is 14.5 Å². The second kappa shape index (κ2) is 11.1. The number of nitrogens with zero attached hydrogens (tertiary/aromatic N) is 1. The molecule has 1 atom stereocenters. The van der Waals surface area contributed by atoms with E-state index in [1.165, 1.54) is 55.7 Å². The smallest absolute Gasteiger partial charge is 0.305 e. The Labute approximate surface area is 225 Å². The van der Waals surface area contributed by atoms with Crippen molar-refractivity contribution in [2.24, 2.45) is 0 Å². The van der Waals surface area contributed by atoms with Gasteiger partial charge in [0.05, 0.1) is 23.6 Å². The number of halogens is 3. The molecule has 38 heavy (non-hydrogen) atoms.